The molecule has 0 spiro atoms. The summed E-state index contributed by atoms with van der Waals surface area (Å²) in [6, 6.07) is 17.1. The highest BCUT2D eigenvalue weighted by molar-refractivity contribution is 9.10. The summed E-state index contributed by atoms with van der Waals surface area (Å²) in [5.74, 6) is -0.543. The maximum atomic E-state index is 12.6. The molecule has 0 radical (unpaired) electrons. The van der Waals surface area contributed by atoms with Crippen molar-refractivity contribution in [2.24, 2.45) is 5.10 Å². The van der Waals surface area contributed by atoms with Gasteiger partial charge in [-0.2, -0.15) is 5.10 Å². The van der Waals surface area contributed by atoms with Crippen molar-refractivity contribution in [1.82, 2.24) is 5.43 Å². The number of benzene rings is 3. The molecule has 3 aromatic carbocycles. The van der Waals surface area contributed by atoms with E-state index in [1.165, 1.54) is 13.3 Å². The molecule has 0 saturated heterocycles. The summed E-state index contributed by atoms with van der Waals surface area (Å²) in [5.41, 5.74) is 5.05. The number of carbonyl (C=O) groups is 2. The Bertz CT molecular complexity index is 1160. The number of hydrogen-bond acceptors (Lipinski definition) is 5. The molecule has 0 atom stereocenters. The van der Waals surface area contributed by atoms with E-state index in [0.717, 1.165) is 5.56 Å². The number of phenols is 1. The van der Waals surface area contributed by atoms with Crippen molar-refractivity contribution in [1.29, 1.82) is 0 Å². The molecule has 3 aromatic rings. The van der Waals surface area contributed by atoms with Crippen LogP contribution in [-0.2, 0) is 0 Å². The number of ether oxygens (including phenoxy) is 1. The number of carbonyl (C=O) groups excluding carboxylic acids is 2. The number of para-hydroxylation sites is 1. The molecule has 3 rings (SSSR count). The van der Waals surface area contributed by atoms with Crippen LogP contribution in [0.2, 0.25) is 0 Å². The first-order chi connectivity index (χ1) is 14.9. The van der Waals surface area contributed by atoms with E-state index in [4.69, 9.17) is 4.74 Å². The number of aryl methyl sites for hydroxylation is 1. The number of anilines is 1. The lowest BCUT2D eigenvalue weighted by Crippen LogP contribution is -2.21. The zero-order chi connectivity index (χ0) is 22.4. The van der Waals surface area contributed by atoms with Crippen LogP contribution in [0.5, 0.6) is 11.5 Å². The van der Waals surface area contributed by atoms with Crippen LogP contribution in [0.25, 0.3) is 0 Å². The molecule has 0 aliphatic heterocycles. The van der Waals surface area contributed by atoms with Crippen LogP contribution >= 0.6 is 15.9 Å². The molecule has 0 aliphatic carbocycles. The Balaban J connectivity index is 1.75. The fourth-order valence-corrected chi connectivity index (χ4v) is 3.32. The molecule has 0 bridgehead atoms. The maximum Gasteiger partial charge on any atom is 0.273 e. The van der Waals surface area contributed by atoms with E-state index in [1.54, 1.807) is 48.5 Å². The van der Waals surface area contributed by atoms with Crippen molar-refractivity contribution in [3.63, 3.8) is 0 Å². The van der Waals surface area contributed by atoms with Crippen LogP contribution < -0.4 is 15.5 Å². The molecule has 31 heavy (non-hydrogen) atoms. The molecule has 0 saturated carbocycles. The summed E-state index contributed by atoms with van der Waals surface area (Å²) >= 11 is 3.23. The molecular formula is C23H20BrN3O4. The lowest BCUT2D eigenvalue weighted by molar-refractivity contribution is 0.0956. The predicted molar refractivity (Wildman–Crippen MR) is 123 cm³/mol. The molecule has 7 nitrogen and oxygen atoms in total. The Morgan fingerprint density at radius 2 is 1.71 bits per heavy atom. The fraction of sp³-hybridized carbons (Fsp3) is 0.0870. The van der Waals surface area contributed by atoms with Gasteiger partial charge in [0.25, 0.3) is 11.8 Å². The van der Waals surface area contributed by atoms with Crippen molar-refractivity contribution in [2.75, 3.05) is 12.4 Å². The van der Waals surface area contributed by atoms with Gasteiger partial charge in [0.15, 0.2) is 11.5 Å². The van der Waals surface area contributed by atoms with Gasteiger partial charge in [0, 0.05) is 5.56 Å². The van der Waals surface area contributed by atoms with Crippen LogP contribution in [0.4, 0.5) is 5.69 Å². The molecule has 0 heterocycles. The average molecular weight is 482 g/mol. The number of aromatic hydroxyl groups is 1. The first-order valence-corrected chi connectivity index (χ1v) is 10.1. The Kier molecular flexibility index (Phi) is 7.04. The number of methoxy groups -OCH3 is 1. The van der Waals surface area contributed by atoms with Crippen LogP contribution in [0.15, 0.2) is 70.2 Å². The van der Waals surface area contributed by atoms with Gasteiger partial charge in [-0.05, 0) is 64.3 Å². The van der Waals surface area contributed by atoms with Crippen molar-refractivity contribution < 1.29 is 19.4 Å². The van der Waals surface area contributed by atoms with Gasteiger partial charge in [-0.25, -0.2) is 5.43 Å². The minimum absolute atomic E-state index is 0.0259. The van der Waals surface area contributed by atoms with Crippen LogP contribution in [0, 0.1) is 6.92 Å². The zero-order valence-electron chi connectivity index (χ0n) is 16.8. The first-order valence-electron chi connectivity index (χ1n) is 9.26. The summed E-state index contributed by atoms with van der Waals surface area (Å²) in [6.45, 7) is 1.85. The number of hydrogen-bond donors (Lipinski definition) is 3. The van der Waals surface area contributed by atoms with E-state index < -0.39 is 5.91 Å². The van der Waals surface area contributed by atoms with Gasteiger partial charge in [0.1, 0.15) is 0 Å². The summed E-state index contributed by atoms with van der Waals surface area (Å²) < 4.78 is 5.53. The van der Waals surface area contributed by atoms with Gasteiger partial charge in [0.05, 0.1) is 29.0 Å². The van der Waals surface area contributed by atoms with E-state index in [9.17, 15) is 14.7 Å². The average Bonchev–Trinajstić information content (AvgIpc) is 2.76. The third-order valence-electron chi connectivity index (χ3n) is 4.46. The molecule has 2 amide bonds. The minimum Gasteiger partial charge on any atom is -0.503 e. The number of phenolic OH excluding ortho intramolecular Hbond substituents is 1. The van der Waals surface area contributed by atoms with Crippen molar-refractivity contribution in [3.05, 3.63) is 87.4 Å². The van der Waals surface area contributed by atoms with Gasteiger partial charge in [0.2, 0.25) is 0 Å². The first kappa shape index (κ1) is 22.0. The van der Waals surface area contributed by atoms with E-state index in [1.807, 2.05) is 19.1 Å². The van der Waals surface area contributed by atoms with Gasteiger partial charge in [-0.3, -0.25) is 9.59 Å². The summed E-state index contributed by atoms with van der Waals surface area (Å²) in [5, 5.41) is 16.6. The molecule has 0 unspecified atom stereocenters. The monoisotopic (exact) mass is 481 g/mol. The predicted octanol–water partition coefficient (Wildman–Crippen LogP) is 4.49. The third kappa shape index (κ3) is 5.29. The number of halogens is 1. The van der Waals surface area contributed by atoms with E-state index in [2.05, 4.69) is 31.8 Å². The second-order valence-electron chi connectivity index (χ2n) is 6.57. The minimum atomic E-state index is -0.484. The normalized spacial score (nSPS) is 10.7. The van der Waals surface area contributed by atoms with Crippen LogP contribution in [0.1, 0.15) is 31.8 Å². The number of amides is 2. The number of hydrazone groups is 1. The van der Waals surface area contributed by atoms with E-state index in [0.29, 0.717) is 21.3 Å². The Labute approximate surface area is 187 Å². The van der Waals surface area contributed by atoms with Crippen LogP contribution in [-0.4, -0.2) is 30.2 Å². The lowest BCUT2D eigenvalue weighted by Gasteiger charge is -2.11. The highest BCUT2D eigenvalue weighted by atomic mass is 79.9. The Morgan fingerprint density at radius 3 is 2.42 bits per heavy atom. The third-order valence-corrected chi connectivity index (χ3v) is 5.06. The summed E-state index contributed by atoms with van der Waals surface area (Å²) in [7, 11) is 1.44. The highest BCUT2D eigenvalue weighted by Gasteiger charge is 2.15. The number of nitrogens with zero attached hydrogens (tertiary/aromatic N) is 1. The van der Waals surface area contributed by atoms with Gasteiger partial charge >= 0.3 is 0 Å². The smallest absolute Gasteiger partial charge is 0.273 e. The number of rotatable bonds is 6. The molecule has 0 aromatic heterocycles. The lowest BCUT2D eigenvalue weighted by atomic mass is 10.1. The second kappa shape index (κ2) is 9.90. The summed E-state index contributed by atoms with van der Waals surface area (Å²) in [6.07, 6.45) is 1.42. The van der Waals surface area contributed by atoms with Gasteiger partial charge in [-0.15, -0.1) is 0 Å². The van der Waals surface area contributed by atoms with Crippen LogP contribution in [0.3, 0.4) is 0 Å². The SMILES string of the molecule is COc1cc(C=NNC(=O)c2ccccc2NC(=O)c2ccccc2C)cc(Br)c1O. The van der Waals surface area contributed by atoms with Crippen molar-refractivity contribution >= 4 is 39.6 Å². The second-order valence-corrected chi connectivity index (χ2v) is 7.42. The molecule has 0 aliphatic rings. The van der Waals surface area contributed by atoms with E-state index >= 15 is 0 Å². The van der Waals surface area contributed by atoms with Crippen molar-refractivity contribution in [2.45, 2.75) is 6.92 Å². The molecule has 8 heteroatoms. The largest absolute Gasteiger partial charge is 0.503 e. The van der Waals surface area contributed by atoms with E-state index in [-0.39, 0.29) is 23.0 Å². The Morgan fingerprint density at radius 1 is 1.03 bits per heavy atom. The highest BCUT2D eigenvalue weighted by Crippen LogP contribution is 2.34. The molecular weight excluding hydrogens is 462 g/mol. The standard InChI is InChI=1S/C23H20BrN3O4/c1-14-7-3-4-8-16(14)22(29)26-19-10-6-5-9-17(19)23(30)27-25-13-15-11-18(24)21(28)20(12-15)31-2/h3-13,28H,1-2H3,(H,26,29)(H,27,30). The fourth-order valence-electron chi connectivity index (χ4n) is 2.86. The maximum absolute atomic E-state index is 12.6. The summed E-state index contributed by atoms with van der Waals surface area (Å²) in [4.78, 5) is 25.3. The zero-order valence-corrected chi connectivity index (χ0v) is 18.4. The number of nitrogens with one attached hydrogen (secondary N) is 2. The van der Waals surface area contributed by atoms with Gasteiger partial charge < -0.3 is 15.2 Å². The van der Waals surface area contributed by atoms with Crippen molar-refractivity contribution in [3.8, 4) is 11.5 Å². The quantitative estimate of drug-likeness (QED) is 0.356. The Hall–Kier alpha value is -3.65. The molecule has 3 N–H and O–H groups in total. The molecule has 158 valence electrons. The topological polar surface area (TPSA) is 100 Å². The molecule has 0 fully saturated rings. The van der Waals surface area contributed by atoms with Gasteiger partial charge in [-0.1, -0.05) is 30.3 Å².